The van der Waals surface area contributed by atoms with Crippen molar-refractivity contribution in [1.82, 2.24) is 0 Å². The average Bonchev–Trinajstić information content (AvgIpc) is 2.48. The van der Waals surface area contributed by atoms with E-state index in [1.165, 1.54) is 16.7 Å². The molecule has 0 bridgehead atoms. The molecule has 3 rings (SSSR count). The van der Waals surface area contributed by atoms with Gasteiger partial charge in [0, 0.05) is 6.54 Å². The summed E-state index contributed by atoms with van der Waals surface area (Å²) >= 11 is 0. The van der Waals surface area contributed by atoms with Gasteiger partial charge < -0.3 is 9.64 Å². The van der Waals surface area contributed by atoms with Gasteiger partial charge in [-0.05, 0) is 37.1 Å². The molecule has 0 fully saturated rings. The van der Waals surface area contributed by atoms with E-state index in [1.54, 1.807) is 0 Å². The molecule has 0 radical (unpaired) electrons. The lowest BCUT2D eigenvalue weighted by Crippen LogP contribution is -2.36. The minimum atomic E-state index is 0.235. The zero-order valence-electron chi connectivity index (χ0n) is 12.7. The van der Waals surface area contributed by atoms with Crippen LogP contribution in [0.2, 0.25) is 0 Å². The summed E-state index contributed by atoms with van der Waals surface area (Å²) in [7, 11) is 0. The lowest BCUT2D eigenvalue weighted by atomic mass is 10.0. The van der Waals surface area contributed by atoms with Crippen LogP contribution in [0.15, 0.2) is 55.1 Å². The van der Waals surface area contributed by atoms with Crippen molar-refractivity contribution in [3.63, 3.8) is 0 Å². The fraction of sp³-hybridized carbons (Fsp3) is 0.263. The minimum Gasteiger partial charge on any atom is -0.489 e. The molecule has 21 heavy (non-hydrogen) atoms. The van der Waals surface area contributed by atoms with Crippen LogP contribution in [0.1, 0.15) is 22.7 Å². The molecule has 2 aromatic rings. The number of fused-ring (bicyclic) bond motifs is 1. The number of anilines is 1. The van der Waals surface area contributed by atoms with Gasteiger partial charge in [-0.25, -0.2) is 0 Å². The predicted octanol–water partition coefficient (Wildman–Crippen LogP) is 4.43. The molecule has 2 nitrogen and oxygen atoms in total. The first kappa shape index (κ1) is 13.7. The summed E-state index contributed by atoms with van der Waals surface area (Å²) in [6, 6.07) is 15.3. The van der Waals surface area contributed by atoms with Crippen molar-refractivity contribution in [2.45, 2.75) is 19.9 Å². The number of ether oxygens (including phenoxy) is 1. The molecule has 0 unspecified atom stereocenters. The van der Waals surface area contributed by atoms with Crippen LogP contribution in [0, 0.1) is 13.8 Å². The van der Waals surface area contributed by atoms with E-state index >= 15 is 0 Å². The van der Waals surface area contributed by atoms with Crippen molar-refractivity contribution in [2.75, 3.05) is 18.1 Å². The fourth-order valence-corrected chi connectivity index (χ4v) is 2.83. The van der Waals surface area contributed by atoms with Gasteiger partial charge in [-0.3, -0.25) is 0 Å². The summed E-state index contributed by atoms with van der Waals surface area (Å²) in [5, 5.41) is 0. The monoisotopic (exact) mass is 279 g/mol. The first-order chi connectivity index (χ1) is 10.2. The fourth-order valence-electron chi connectivity index (χ4n) is 2.83. The topological polar surface area (TPSA) is 12.5 Å². The van der Waals surface area contributed by atoms with E-state index in [2.05, 4.69) is 67.8 Å². The normalized spacial score (nSPS) is 17.0. The van der Waals surface area contributed by atoms with Gasteiger partial charge in [0.1, 0.15) is 12.4 Å². The third-order valence-corrected chi connectivity index (χ3v) is 3.99. The number of hydrogen-bond acceptors (Lipinski definition) is 2. The Hall–Kier alpha value is -2.22. The van der Waals surface area contributed by atoms with Crippen LogP contribution in [0.3, 0.4) is 0 Å². The van der Waals surface area contributed by atoms with Crippen LogP contribution >= 0.6 is 0 Å². The molecule has 0 amide bonds. The Labute approximate surface area is 126 Å². The van der Waals surface area contributed by atoms with Crippen LogP contribution in [0.4, 0.5) is 5.69 Å². The van der Waals surface area contributed by atoms with E-state index < -0.39 is 0 Å². The van der Waals surface area contributed by atoms with Gasteiger partial charge in [0.05, 0.1) is 11.7 Å². The van der Waals surface area contributed by atoms with Crippen molar-refractivity contribution in [3.8, 4) is 5.75 Å². The van der Waals surface area contributed by atoms with E-state index in [9.17, 15) is 0 Å². The summed E-state index contributed by atoms with van der Waals surface area (Å²) in [5.41, 5.74) is 4.94. The Morgan fingerprint density at radius 1 is 1.14 bits per heavy atom. The van der Waals surface area contributed by atoms with Crippen molar-refractivity contribution < 1.29 is 4.74 Å². The van der Waals surface area contributed by atoms with Crippen LogP contribution in [-0.4, -0.2) is 13.2 Å². The zero-order chi connectivity index (χ0) is 14.8. The largest absolute Gasteiger partial charge is 0.489 e. The lowest BCUT2D eigenvalue weighted by molar-refractivity contribution is 0.266. The Morgan fingerprint density at radius 2 is 1.86 bits per heavy atom. The van der Waals surface area contributed by atoms with Crippen molar-refractivity contribution in [2.24, 2.45) is 0 Å². The molecule has 108 valence electrons. The molecule has 1 aliphatic heterocycles. The third-order valence-electron chi connectivity index (χ3n) is 3.99. The summed E-state index contributed by atoms with van der Waals surface area (Å²) < 4.78 is 6.00. The Bertz CT molecular complexity index is 645. The molecule has 0 aromatic heterocycles. The number of benzene rings is 2. The van der Waals surface area contributed by atoms with Gasteiger partial charge >= 0.3 is 0 Å². The maximum absolute atomic E-state index is 6.00. The summed E-state index contributed by atoms with van der Waals surface area (Å²) in [6.07, 6.45) is 1.95. The maximum atomic E-state index is 6.00. The van der Waals surface area contributed by atoms with Gasteiger partial charge in [0.25, 0.3) is 0 Å². The van der Waals surface area contributed by atoms with Crippen molar-refractivity contribution in [1.29, 1.82) is 0 Å². The number of rotatable bonds is 3. The molecule has 1 aliphatic rings. The van der Waals surface area contributed by atoms with Gasteiger partial charge in [0.15, 0.2) is 0 Å². The molecule has 0 N–H and O–H groups in total. The van der Waals surface area contributed by atoms with Crippen LogP contribution < -0.4 is 9.64 Å². The van der Waals surface area contributed by atoms with Crippen molar-refractivity contribution in [3.05, 3.63) is 71.8 Å². The highest BCUT2D eigenvalue weighted by atomic mass is 16.5. The molecule has 0 saturated carbocycles. The quantitative estimate of drug-likeness (QED) is 0.771. The molecule has 1 atom stereocenters. The lowest BCUT2D eigenvalue weighted by Gasteiger charge is -2.38. The molecule has 0 aliphatic carbocycles. The second-order valence-corrected chi connectivity index (χ2v) is 5.65. The highest BCUT2D eigenvalue weighted by Crippen LogP contribution is 2.39. The first-order valence-corrected chi connectivity index (χ1v) is 7.36. The number of hydrogen-bond donors (Lipinski definition) is 0. The van der Waals surface area contributed by atoms with Crippen molar-refractivity contribution >= 4 is 5.69 Å². The predicted molar refractivity (Wildman–Crippen MR) is 88.1 cm³/mol. The summed E-state index contributed by atoms with van der Waals surface area (Å²) in [6.45, 7) is 9.60. The summed E-state index contributed by atoms with van der Waals surface area (Å²) in [4.78, 5) is 2.37. The van der Waals surface area contributed by atoms with Crippen LogP contribution in [0.5, 0.6) is 5.75 Å². The second-order valence-electron chi connectivity index (χ2n) is 5.65. The molecule has 0 spiro atoms. The standard InChI is InChI=1S/C19H21NO/c1-4-11-20-17-10-7-15(3)12-19(17)21-13-18(20)16-8-5-14(2)6-9-16/h4-10,12,18H,1,11,13H2,2-3H3/t18-/m0/s1. The smallest absolute Gasteiger partial charge is 0.143 e. The van der Waals surface area contributed by atoms with E-state index in [1.807, 2.05) is 6.08 Å². The molecule has 2 heteroatoms. The first-order valence-electron chi connectivity index (χ1n) is 7.36. The van der Waals surface area contributed by atoms with Gasteiger partial charge in [-0.15, -0.1) is 6.58 Å². The zero-order valence-corrected chi connectivity index (χ0v) is 12.7. The third kappa shape index (κ3) is 2.66. The molecule has 2 aromatic carbocycles. The minimum absolute atomic E-state index is 0.235. The van der Waals surface area contributed by atoms with E-state index in [4.69, 9.17) is 4.74 Å². The molecule has 0 saturated heterocycles. The second kappa shape index (κ2) is 5.65. The number of nitrogens with zero attached hydrogens (tertiary/aromatic N) is 1. The van der Waals surface area contributed by atoms with Crippen LogP contribution in [-0.2, 0) is 0 Å². The Balaban J connectivity index is 2.00. The Kier molecular flexibility index (Phi) is 3.70. The summed E-state index contributed by atoms with van der Waals surface area (Å²) in [5.74, 6) is 0.972. The highest BCUT2D eigenvalue weighted by Gasteiger charge is 2.27. The molecule has 1 heterocycles. The van der Waals surface area contributed by atoms with Crippen LogP contribution in [0.25, 0.3) is 0 Å². The average molecular weight is 279 g/mol. The molecular formula is C19H21NO. The van der Waals surface area contributed by atoms with Gasteiger partial charge in [0.2, 0.25) is 0 Å². The molecular weight excluding hydrogens is 258 g/mol. The maximum Gasteiger partial charge on any atom is 0.143 e. The van der Waals surface area contributed by atoms with Gasteiger partial charge in [-0.2, -0.15) is 0 Å². The van der Waals surface area contributed by atoms with E-state index in [0.717, 1.165) is 18.0 Å². The van der Waals surface area contributed by atoms with E-state index in [-0.39, 0.29) is 6.04 Å². The highest BCUT2D eigenvalue weighted by molar-refractivity contribution is 5.63. The van der Waals surface area contributed by atoms with E-state index in [0.29, 0.717) is 6.61 Å². The van der Waals surface area contributed by atoms with Gasteiger partial charge in [-0.1, -0.05) is 42.0 Å². The Morgan fingerprint density at radius 3 is 2.57 bits per heavy atom. The SMILES string of the molecule is C=CCN1c2ccc(C)cc2OC[C@H]1c1ccc(C)cc1. The number of aryl methyl sites for hydroxylation is 2.